The zero-order chi connectivity index (χ0) is 8.97. The Morgan fingerprint density at radius 1 is 1.58 bits per heavy atom. The first-order valence-corrected chi connectivity index (χ1v) is 3.72. The van der Waals surface area contributed by atoms with Crippen LogP contribution in [-0.4, -0.2) is 13.7 Å². The number of halogens is 1. The number of alkyl halides is 1. The molecule has 1 unspecified atom stereocenters. The topological polar surface area (TPSA) is 35.2 Å². The molecular formula is C9H12FNO. The van der Waals surface area contributed by atoms with Gasteiger partial charge in [0.2, 0.25) is 0 Å². The molecule has 0 heterocycles. The van der Waals surface area contributed by atoms with Crippen LogP contribution in [0.15, 0.2) is 24.3 Å². The van der Waals surface area contributed by atoms with E-state index in [-0.39, 0.29) is 6.61 Å². The van der Waals surface area contributed by atoms with Crippen molar-refractivity contribution >= 4 is 5.69 Å². The molecule has 12 heavy (non-hydrogen) atoms. The molecule has 0 amide bonds. The third kappa shape index (κ3) is 2.20. The Hall–Kier alpha value is -1.09. The normalized spacial score (nSPS) is 12.8. The van der Waals surface area contributed by atoms with E-state index >= 15 is 0 Å². The van der Waals surface area contributed by atoms with E-state index in [1.807, 2.05) is 0 Å². The van der Waals surface area contributed by atoms with Crippen LogP contribution in [0.1, 0.15) is 11.7 Å². The number of anilines is 1. The molecule has 1 atom stereocenters. The fourth-order valence-electron chi connectivity index (χ4n) is 0.996. The van der Waals surface area contributed by atoms with Gasteiger partial charge >= 0.3 is 0 Å². The maximum Gasteiger partial charge on any atom is 0.148 e. The fourth-order valence-corrected chi connectivity index (χ4v) is 0.996. The van der Waals surface area contributed by atoms with Crippen LogP contribution in [0, 0.1) is 0 Å². The molecule has 0 aliphatic heterocycles. The molecule has 66 valence electrons. The van der Waals surface area contributed by atoms with Crippen molar-refractivity contribution in [1.29, 1.82) is 0 Å². The number of benzene rings is 1. The second kappa shape index (κ2) is 4.07. The highest BCUT2D eigenvalue weighted by molar-refractivity contribution is 5.41. The van der Waals surface area contributed by atoms with Gasteiger partial charge in [0.15, 0.2) is 0 Å². The first-order valence-electron chi connectivity index (χ1n) is 3.72. The molecule has 1 rings (SSSR count). The Kier molecular flexibility index (Phi) is 3.05. The van der Waals surface area contributed by atoms with E-state index in [0.29, 0.717) is 11.3 Å². The molecule has 0 aliphatic rings. The number of methoxy groups -OCH3 is 1. The van der Waals surface area contributed by atoms with Gasteiger partial charge in [-0.3, -0.25) is 0 Å². The van der Waals surface area contributed by atoms with Crippen LogP contribution in [0.5, 0.6) is 0 Å². The molecule has 0 spiro atoms. The Balaban J connectivity index is 2.73. The molecule has 1 aromatic rings. The molecule has 0 aliphatic carbocycles. The van der Waals surface area contributed by atoms with Crippen molar-refractivity contribution < 1.29 is 9.13 Å². The minimum Gasteiger partial charge on any atom is -0.399 e. The van der Waals surface area contributed by atoms with Gasteiger partial charge in [0.05, 0.1) is 6.61 Å². The monoisotopic (exact) mass is 169 g/mol. The average molecular weight is 169 g/mol. The van der Waals surface area contributed by atoms with Gasteiger partial charge in [-0.2, -0.15) is 0 Å². The Labute approximate surface area is 71.1 Å². The van der Waals surface area contributed by atoms with Gasteiger partial charge in [-0.05, 0) is 17.7 Å². The molecule has 3 heteroatoms. The Morgan fingerprint density at radius 2 is 2.33 bits per heavy atom. The summed E-state index contributed by atoms with van der Waals surface area (Å²) in [6, 6.07) is 6.76. The van der Waals surface area contributed by atoms with Crippen LogP contribution in [0.2, 0.25) is 0 Å². The summed E-state index contributed by atoms with van der Waals surface area (Å²) in [7, 11) is 1.47. The van der Waals surface area contributed by atoms with Gasteiger partial charge in [0.25, 0.3) is 0 Å². The summed E-state index contributed by atoms with van der Waals surface area (Å²) >= 11 is 0. The molecule has 0 saturated heterocycles. The maximum atomic E-state index is 13.1. The third-order valence-electron chi connectivity index (χ3n) is 1.59. The zero-order valence-corrected chi connectivity index (χ0v) is 6.96. The number of nitrogens with two attached hydrogens (primary N) is 1. The first-order chi connectivity index (χ1) is 5.74. The summed E-state index contributed by atoms with van der Waals surface area (Å²) in [5.74, 6) is 0. The van der Waals surface area contributed by atoms with Crippen LogP contribution in [0.4, 0.5) is 10.1 Å². The van der Waals surface area contributed by atoms with E-state index in [1.165, 1.54) is 7.11 Å². The number of hydrogen-bond donors (Lipinski definition) is 1. The van der Waals surface area contributed by atoms with Gasteiger partial charge in [-0.1, -0.05) is 12.1 Å². The number of nitrogen functional groups attached to an aromatic ring is 1. The quantitative estimate of drug-likeness (QED) is 0.701. The summed E-state index contributed by atoms with van der Waals surface area (Å²) in [6.45, 7) is 0.0729. The van der Waals surface area contributed by atoms with E-state index in [2.05, 4.69) is 4.74 Å². The van der Waals surface area contributed by atoms with Gasteiger partial charge in [-0.15, -0.1) is 0 Å². The minimum atomic E-state index is -1.08. The van der Waals surface area contributed by atoms with Crippen molar-refractivity contribution in [3.8, 4) is 0 Å². The molecule has 0 saturated carbocycles. The molecule has 0 radical (unpaired) electrons. The van der Waals surface area contributed by atoms with Gasteiger partial charge in [0, 0.05) is 12.8 Å². The maximum absolute atomic E-state index is 13.1. The molecule has 1 aromatic carbocycles. The summed E-state index contributed by atoms with van der Waals surface area (Å²) < 4.78 is 17.8. The van der Waals surface area contributed by atoms with Crippen molar-refractivity contribution in [2.45, 2.75) is 6.17 Å². The summed E-state index contributed by atoms with van der Waals surface area (Å²) in [6.07, 6.45) is -1.08. The lowest BCUT2D eigenvalue weighted by atomic mass is 10.1. The van der Waals surface area contributed by atoms with E-state index in [1.54, 1.807) is 24.3 Å². The molecular weight excluding hydrogens is 157 g/mol. The molecule has 0 fully saturated rings. The summed E-state index contributed by atoms with van der Waals surface area (Å²) in [5.41, 5.74) is 6.63. The van der Waals surface area contributed by atoms with Crippen LogP contribution < -0.4 is 5.73 Å². The summed E-state index contributed by atoms with van der Waals surface area (Å²) in [5, 5.41) is 0. The second-order valence-electron chi connectivity index (χ2n) is 2.59. The van der Waals surface area contributed by atoms with Crippen molar-refractivity contribution in [3.63, 3.8) is 0 Å². The van der Waals surface area contributed by atoms with E-state index in [4.69, 9.17) is 5.73 Å². The SMILES string of the molecule is COCC(F)c1cccc(N)c1. The fraction of sp³-hybridized carbons (Fsp3) is 0.333. The third-order valence-corrected chi connectivity index (χ3v) is 1.59. The lowest BCUT2D eigenvalue weighted by Gasteiger charge is -2.07. The number of ether oxygens (including phenoxy) is 1. The zero-order valence-electron chi connectivity index (χ0n) is 6.96. The van der Waals surface area contributed by atoms with Gasteiger partial charge in [0.1, 0.15) is 6.17 Å². The molecule has 2 nitrogen and oxygen atoms in total. The summed E-state index contributed by atoms with van der Waals surface area (Å²) in [4.78, 5) is 0. The van der Waals surface area contributed by atoms with Crippen LogP contribution in [0.25, 0.3) is 0 Å². The van der Waals surface area contributed by atoms with Gasteiger partial charge in [-0.25, -0.2) is 4.39 Å². The molecule has 0 aromatic heterocycles. The molecule has 2 N–H and O–H groups in total. The highest BCUT2D eigenvalue weighted by atomic mass is 19.1. The standard InChI is InChI=1S/C9H12FNO/c1-12-6-9(10)7-3-2-4-8(11)5-7/h2-5,9H,6,11H2,1H3. The largest absolute Gasteiger partial charge is 0.399 e. The minimum absolute atomic E-state index is 0.0729. The highest BCUT2D eigenvalue weighted by Crippen LogP contribution is 2.19. The predicted molar refractivity (Wildman–Crippen MR) is 46.6 cm³/mol. The molecule has 0 bridgehead atoms. The lowest BCUT2D eigenvalue weighted by molar-refractivity contribution is 0.124. The number of rotatable bonds is 3. The predicted octanol–water partition coefficient (Wildman–Crippen LogP) is 1.93. The van der Waals surface area contributed by atoms with Crippen molar-refractivity contribution in [2.24, 2.45) is 0 Å². The lowest BCUT2D eigenvalue weighted by Crippen LogP contribution is -2.00. The average Bonchev–Trinajstić information content (AvgIpc) is 2.05. The highest BCUT2D eigenvalue weighted by Gasteiger charge is 2.08. The van der Waals surface area contributed by atoms with Crippen molar-refractivity contribution in [3.05, 3.63) is 29.8 Å². The van der Waals surface area contributed by atoms with E-state index < -0.39 is 6.17 Å². The Bertz CT molecular complexity index is 252. The van der Waals surface area contributed by atoms with Crippen LogP contribution in [-0.2, 0) is 4.74 Å². The Morgan fingerprint density at radius 3 is 2.92 bits per heavy atom. The van der Waals surface area contributed by atoms with Gasteiger partial charge < -0.3 is 10.5 Å². The number of hydrogen-bond acceptors (Lipinski definition) is 2. The first kappa shape index (κ1) is 9.00. The van der Waals surface area contributed by atoms with Crippen LogP contribution >= 0.6 is 0 Å². The van der Waals surface area contributed by atoms with E-state index in [9.17, 15) is 4.39 Å². The van der Waals surface area contributed by atoms with Crippen molar-refractivity contribution in [1.82, 2.24) is 0 Å². The smallest absolute Gasteiger partial charge is 0.148 e. The van der Waals surface area contributed by atoms with Crippen molar-refractivity contribution in [2.75, 3.05) is 19.5 Å². The second-order valence-corrected chi connectivity index (χ2v) is 2.59. The van der Waals surface area contributed by atoms with Crippen LogP contribution in [0.3, 0.4) is 0 Å². The van der Waals surface area contributed by atoms with E-state index in [0.717, 1.165) is 0 Å².